The molecule has 1 aromatic heterocycles. The summed E-state index contributed by atoms with van der Waals surface area (Å²) in [6.07, 6.45) is 5.86. The second-order valence-corrected chi connectivity index (χ2v) is 5.09. The molecule has 1 amide bonds. The standard InChI is InChI=1S/C14H22N4O/c1-2-10-6-3-4-7-11(10)17-14(19)12-8-5-9-13(16-12)18-15/h5,8-11H,2-4,6-7,15H2,1H3,(H,16,18)(H,17,19). The number of amides is 1. The van der Waals surface area contributed by atoms with Crippen molar-refractivity contribution < 1.29 is 4.79 Å². The molecule has 19 heavy (non-hydrogen) atoms. The van der Waals surface area contributed by atoms with E-state index in [0.29, 0.717) is 17.4 Å². The number of nitrogens with one attached hydrogen (secondary N) is 2. The van der Waals surface area contributed by atoms with Gasteiger partial charge in [-0.1, -0.05) is 32.3 Å². The lowest BCUT2D eigenvalue weighted by atomic mass is 9.83. The Labute approximate surface area is 114 Å². The van der Waals surface area contributed by atoms with Gasteiger partial charge in [0.2, 0.25) is 0 Å². The number of nitrogen functional groups attached to an aromatic ring is 1. The zero-order chi connectivity index (χ0) is 13.7. The molecule has 0 spiro atoms. The van der Waals surface area contributed by atoms with Crippen LogP contribution in [0.3, 0.4) is 0 Å². The topological polar surface area (TPSA) is 80.0 Å². The fourth-order valence-corrected chi connectivity index (χ4v) is 2.77. The quantitative estimate of drug-likeness (QED) is 0.573. The van der Waals surface area contributed by atoms with Crippen LogP contribution >= 0.6 is 0 Å². The SMILES string of the molecule is CCC1CCCCC1NC(=O)c1cccc(NN)n1. The Bertz CT molecular complexity index is 435. The van der Waals surface area contributed by atoms with Gasteiger partial charge in [-0.15, -0.1) is 0 Å². The summed E-state index contributed by atoms with van der Waals surface area (Å²) in [4.78, 5) is 16.4. The number of carbonyl (C=O) groups excluding carboxylic acids is 1. The minimum atomic E-state index is -0.109. The van der Waals surface area contributed by atoms with Gasteiger partial charge in [0.15, 0.2) is 0 Å². The first-order valence-electron chi connectivity index (χ1n) is 6.99. The third-order valence-electron chi connectivity index (χ3n) is 3.88. The van der Waals surface area contributed by atoms with Crippen molar-refractivity contribution in [2.45, 2.75) is 45.1 Å². The van der Waals surface area contributed by atoms with E-state index in [1.807, 2.05) is 0 Å². The number of aromatic nitrogens is 1. The van der Waals surface area contributed by atoms with Crippen molar-refractivity contribution >= 4 is 11.7 Å². The van der Waals surface area contributed by atoms with Crippen LogP contribution in [0.2, 0.25) is 0 Å². The largest absolute Gasteiger partial charge is 0.348 e. The average molecular weight is 262 g/mol. The molecular formula is C14H22N4O. The molecule has 1 heterocycles. The fraction of sp³-hybridized carbons (Fsp3) is 0.571. The van der Waals surface area contributed by atoms with Crippen molar-refractivity contribution in [2.75, 3.05) is 5.43 Å². The third-order valence-corrected chi connectivity index (χ3v) is 3.88. The number of hydrogen-bond acceptors (Lipinski definition) is 4. The summed E-state index contributed by atoms with van der Waals surface area (Å²) in [5, 5.41) is 3.12. The normalized spacial score (nSPS) is 22.8. The Morgan fingerprint density at radius 2 is 2.21 bits per heavy atom. The van der Waals surface area contributed by atoms with Crippen LogP contribution in [0.25, 0.3) is 0 Å². The molecular weight excluding hydrogens is 240 g/mol. The van der Waals surface area contributed by atoms with Gasteiger partial charge in [-0.05, 0) is 30.9 Å². The van der Waals surface area contributed by atoms with E-state index in [9.17, 15) is 4.79 Å². The van der Waals surface area contributed by atoms with Gasteiger partial charge < -0.3 is 10.7 Å². The molecule has 0 aliphatic heterocycles. The summed E-state index contributed by atoms with van der Waals surface area (Å²) >= 11 is 0. The van der Waals surface area contributed by atoms with Crippen LogP contribution in [-0.4, -0.2) is 16.9 Å². The molecule has 4 N–H and O–H groups in total. The van der Waals surface area contributed by atoms with Crippen molar-refractivity contribution in [3.63, 3.8) is 0 Å². The van der Waals surface area contributed by atoms with E-state index >= 15 is 0 Å². The molecule has 1 aromatic rings. The van der Waals surface area contributed by atoms with Crippen molar-refractivity contribution in [1.82, 2.24) is 10.3 Å². The molecule has 104 valence electrons. The minimum absolute atomic E-state index is 0.109. The van der Waals surface area contributed by atoms with Crippen molar-refractivity contribution in [1.29, 1.82) is 0 Å². The third kappa shape index (κ3) is 3.44. The zero-order valence-electron chi connectivity index (χ0n) is 11.4. The summed E-state index contributed by atoms with van der Waals surface area (Å²) < 4.78 is 0. The van der Waals surface area contributed by atoms with E-state index in [0.717, 1.165) is 12.8 Å². The number of anilines is 1. The first-order chi connectivity index (χ1) is 9.24. The summed E-state index contributed by atoms with van der Waals surface area (Å²) in [5.74, 6) is 6.29. The second kappa shape index (κ2) is 6.52. The Kier molecular flexibility index (Phi) is 4.74. The Morgan fingerprint density at radius 1 is 1.42 bits per heavy atom. The lowest BCUT2D eigenvalue weighted by molar-refractivity contribution is 0.0900. The highest BCUT2D eigenvalue weighted by molar-refractivity contribution is 5.92. The first kappa shape index (κ1) is 13.8. The molecule has 1 aliphatic rings. The lowest BCUT2D eigenvalue weighted by Gasteiger charge is -2.31. The number of carbonyl (C=O) groups is 1. The fourth-order valence-electron chi connectivity index (χ4n) is 2.77. The van der Waals surface area contributed by atoms with Gasteiger partial charge in [-0.25, -0.2) is 10.8 Å². The van der Waals surface area contributed by atoms with Crippen LogP contribution in [0.15, 0.2) is 18.2 Å². The second-order valence-electron chi connectivity index (χ2n) is 5.09. The predicted octanol–water partition coefficient (Wildman–Crippen LogP) is 2.07. The molecule has 2 unspecified atom stereocenters. The lowest BCUT2D eigenvalue weighted by Crippen LogP contribution is -2.42. The maximum atomic E-state index is 12.2. The molecule has 2 rings (SSSR count). The number of hydrogen-bond donors (Lipinski definition) is 3. The van der Waals surface area contributed by atoms with Crippen LogP contribution in [-0.2, 0) is 0 Å². The maximum absolute atomic E-state index is 12.2. The Morgan fingerprint density at radius 3 is 2.95 bits per heavy atom. The van der Waals surface area contributed by atoms with E-state index in [-0.39, 0.29) is 11.9 Å². The summed E-state index contributed by atoms with van der Waals surface area (Å²) in [6.45, 7) is 2.19. The van der Waals surface area contributed by atoms with Crippen LogP contribution in [0.4, 0.5) is 5.82 Å². The van der Waals surface area contributed by atoms with Gasteiger partial charge in [-0.2, -0.15) is 0 Å². The molecule has 0 radical (unpaired) electrons. The van der Waals surface area contributed by atoms with E-state index in [2.05, 4.69) is 22.7 Å². The molecule has 2 atom stereocenters. The smallest absolute Gasteiger partial charge is 0.270 e. The number of hydrazine groups is 1. The predicted molar refractivity (Wildman–Crippen MR) is 75.6 cm³/mol. The number of nitrogens with two attached hydrogens (primary N) is 1. The molecule has 1 saturated carbocycles. The summed E-state index contributed by atoms with van der Waals surface area (Å²) in [5.41, 5.74) is 2.87. The van der Waals surface area contributed by atoms with Gasteiger partial charge in [0, 0.05) is 6.04 Å². The Balaban J connectivity index is 2.02. The molecule has 0 bridgehead atoms. The highest BCUT2D eigenvalue weighted by Gasteiger charge is 2.25. The van der Waals surface area contributed by atoms with E-state index < -0.39 is 0 Å². The minimum Gasteiger partial charge on any atom is -0.348 e. The van der Waals surface area contributed by atoms with E-state index in [1.54, 1.807) is 18.2 Å². The van der Waals surface area contributed by atoms with Gasteiger partial charge in [-0.3, -0.25) is 4.79 Å². The first-order valence-corrected chi connectivity index (χ1v) is 6.99. The summed E-state index contributed by atoms with van der Waals surface area (Å²) in [6, 6.07) is 5.49. The highest BCUT2D eigenvalue weighted by Crippen LogP contribution is 2.26. The van der Waals surface area contributed by atoms with Crippen LogP contribution in [0, 0.1) is 5.92 Å². The maximum Gasteiger partial charge on any atom is 0.270 e. The van der Waals surface area contributed by atoms with Gasteiger partial charge >= 0.3 is 0 Å². The van der Waals surface area contributed by atoms with Gasteiger partial charge in [0.1, 0.15) is 11.5 Å². The van der Waals surface area contributed by atoms with Crippen LogP contribution in [0.1, 0.15) is 49.5 Å². The van der Waals surface area contributed by atoms with Crippen molar-refractivity contribution in [3.05, 3.63) is 23.9 Å². The molecule has 1 aliphatic carbocycles. The average Bonchev–Trinajstić information content (AvgIpc) is 2.47. The van der Waals surface area contributed by atoms with Crippen molar-refractivity contribution in [3.8, 4) is 0 Å². The van der Waals surface area contributed by atoms with Gasteiger partial charge in [0.25, 0.3) is 5.91 Å². The molecule has 0 saturated heterocycles. The van der Waals surface area contributed by atoms with Crippen LogP contribution < -0.4 is 16.6 Å². The molecule has 5 nitrogen and oxygen atoms in total. The molecule has 0 aromatic carbocycles. The summed E-state index contributed by atoms with van der Waals surface area (Å²) in [7, 11) is 0. The monoisotopic (exact) mass is 262 g/mol. The number of rotatable bonds is 4. The molecule has 5 heteroatoms. The van der Waals surface area contributed by atoms with E-state index in [1.165, 1.54) is 19.3 Å². The van der Waals surface area contributed by atoms with E-state index in [4.69, 9.17) is 5.84 Å². The number of pyridine rings is 1. The number of nitrogens with zero attached hydrogens (tertiary/aromatic N) is 1. The molecule has 1 fully saturated rings. The van der Waals surface area contributed by atoms with Crippen molar-refractivity contribution in [2.24, 2.45) is 11.8 Å². The van der Waals surface area contributed by atoms with Crippen LogP contribution in [0.5, 0.6) is 0 Å². The zero-order valence-corrected chi connectivity index (χ0v) is 11.4. The highest BCUT2D eigenvalue weighted by atomic mass is 16.1. The Hall–Kier alpha value is -1.62. The van der Waals surface area contributed by atoms with Gasteiger partial charge in [0.05, 0.1) is 0 Å².